The molecule has 22 heavy (non-hydrogen) atoms. The Bertz CT molecular complexity index is 487. The molecule has 1 saturated heterocycles. The molecule has 6 heteroatoms. The maximum absolute atomic E-state index is 12.2. The lowest BCUT2D eigenvalue weighted by Crippen LogP contribution is -2.48. The molecule has 1 atom stereocenters. The number of carbonyl (C=O) groups excluding carboxylic acids is 2. The van der Waals surface area contributed by atoms with Gasteiger partial charge in [-0.3, -0.25) is 14.6 Å². The van der Waals surface area contributed by atoms with Gasteiger partial charge >= 0.3 is 11.8 Å². The van der Waals surface area contributed by atoms with Crippen LogP contribution in [0.2, 0.25) is 0 Å². The van der Waals surface area contributed by atoms with Crippen LogP contribution in [0.3, 0.4) is 0 Å². The minimum atomic E-state index is -0.549. The molecule has 0 radical (unpaired) electrons. The SMILES string of the molecule is CCCC[C@@H](NC(=O)C(=O)N1CCOCC1)c1cccnc1. The van der Waals surface area contributed by atoms with E-state index in [4.69, 9.17) is 4.74 Å². The summed E-state index contributed by atoms with van der Waals surface area (Å²) >= 11 is 0. The van der Waals surface area contributed by atoms with Crippen LogP contribution in [0, 0.1) is 0 Å². The van der Waals surface area contributed by atoms with E-state index in [0.717, 1.165) is 24.8 Å². The molecular formula is C16H23N3O3. The topological polar surface area (TPSA) is 71.5 Å². The molecule has 6 nitrogen and oxygen atoms in total. The molecule has 0 aromatic carbocycles. The summed E-state index contributed by atoms with van der Waals surface area (Å²) in [6.45, 7) is 4.01. The van der Waals surface area contributed by atoms with Crippen molar-refractivity contribution >= 4 is 11.8 Å². The van der Waals surface area contributed by atoms with Gasteiger partial charge in [0, 0.05) is 25.5 Å². The number of nitrogens with one attached hydrogen (secondary N) is 1. The van der Waals surface area contributed by atoms with E-state index in [0.29, 0.717) is 26.3 Å². The molecule has 120 valence electrons. The van der Waals surface area contributed by atoms with Crippen molar-refractivity contribution in [2.75, 3.05) is 26.3 Å². The Kier molecular flexibility index (Phi) is 6.33. The van der Waals surface area contributed by atoms with E-state index in [2.05, 4.69) is 17.2 Å². The summed E-state index contributed by atoms with van der Waals surface area (Å²) in [6, 6.07) is 3.59. The zero-order chi connectivity index (χ0) is 15.8. The number of nitrogens with zero attached hydrogens (tertiary/aromatic N) is 2. The fourth-order valence-corrected chi connectivity index (χ4v) is 2.44. The number of unbranched alkanes of at least 4 members (excludes halogenated alkanes) is 1. The Balaban J connectivity index is 1.99. The van der Waals surface area contributed by atoms with Crippen molar-refractivity contribution in [1.82, 2.24) is 15.2 Å². The zero-order valence-corrected chi connectivity index (χ0v) is 13.0. The second kappa shape index (κ2) is 8.48. The molecule has 1 N–H and O–H groups in total. The molecule has 2 amide bonds. The van der Waals surface area contributed by atoms with E-state index in [-0.39, 0.29) is 6.04 Å². The normalized spacial score (nSPS) is 16.1. The Hall–Kier alpha value is -1.95. The van der Waals surface area contributed by atoms with Gasteiger partial charge in [0.1, 0.15) is 0 Å². The van der Waals surface area contributed by atoms with Crippen LogP contribution >= 0.6 is 0 Å². The second-order valence-electron chi connectivity index (χ2n) is 5.36. The summed E-state index contributed by atoms with van der Waals surface area (Å²) in [5.74, 6) is -1.03. The van der Waals surface area contributed by atoms with E-state index in [1.54, 1.807) is 17.3 Å². The molecular weight excluding hydrogens is 282 g/mol. The van der Waals surface area contributed by atoms with Gasteiger partial charge in [0.15, 0.2) is 0 Å². The van der Waals surface area contributed by atoms with E-state index in [1.807, 2.05) is 12.1 Å². The van der Waals surface area contributed by atoms with Gasteiger partial charge < -0.3 is 15.0 Å². The number of aromatic nitrogens is 1. The summed E-state index contributed by atoms with van der Waals surface area (Å²) in [5.41, 5.74) is 0.930. The Morgan fingerprint density at radius 1 is 1.41 bits per heavy atom. The predicted octanol–water partition coefficient (Wildman–Crippen LogP) is 1.29. The number of morpholine rings is 1. The van der Waals surface area contributed by atoms with E-state index < -0.39 is 11.8 Å². The van der Waals surface area contributed by atoms with Crippen molar-refractivity contribution < 1.29 is 14.3 Å². The number of amides is 2. The highest BCUT2D eigenvalue weighted by Crippen LogP contribution is 2.18. The lowest BCUT2D eigenvalue weighted by Gasteiger charge is -2.27. The van der Waals surface area contributed by atoms with E-state index >= 15 is 0 Å². The minimum Gasteiger partial charge on any atom is -0.378 e. The fraction of sp³-hybridized carbons (Fsp3) is 0.562. The molecule has 0 saturated carbocycles. The first kappa shape index (κ1) is 16.4. The van der Waals surface area contributed by atoms with E-state index in [9.17, 15) is 9.59 Å². The fourth-order valence-electron chi connectivity index (χ4n) is 2.44. The van der Waals surface area contributed by atoms with Crippen LogP contribution in [0.25, 0.3) is 0 Å². The number of hydrogen-bond acceptors (Lipinski definition) is 4. The molecule has 2 heterocycles. The van der Waals surface area contributed by atoms with Gasteiger partial charge in [0.2, 0.25) is 0 Å². The highest BCUT2D eigenvalue weighted by atomic mass is 16.5. The number of carbonyl (C=O) groups is 2. The zero-order valence-electron chi connectivity index (χ0n) is 13.0. The van der Waals surface area contributed by atoms with Crippen LogP contribution < -0.4 is 5.32 Å². The Labute approximate surface area is 130 Å². The van der Waals surface area contributed by atoms with Gasteiger partial charge in [0.05, 0.1) is 19.3 Å². The number of hydrogen-bond donors (Lipinski definition) is 1. The highest BCUT2D eigenvalue weighted by Gasteiger charge is 2.26. The standard InChI is InChI=1S/C16H23N3O3/c1-2-3-6-14(13-5-4-7-17-12-13)18-15(20)16(21)19-8-10-22-11-9-19/h4-5,7,12,14H,2-3,6,8-11H2,1H3,(H,18,20)/t14-/m1/s1. The van der Waals surface area contributed by atoms with E-state index in [1.165, 1.54) is 0 Å². The third-order valence-electron chi connectivity index (χ3n) is 3.73. The first-order valence-electron chi connectivity index (χ1n) is 7.79. The van der Waals surface area contributed by atoms with Gasteiger partial charge in [-0.25, -0.2) is 0 Å². The van der Waals surface area contributed by atoms with Gasteiger partial charge in [-0.1, -0.05) is 25.8 Å². The summed E-state index contributed by atoms with van der Waals surface area (Å²) < 4.78 is 5.20. The smallest absolute Gasteiger partial charge is 0.312 e. The van der Waals surface area contributed by atoms with Gasteiger partial charge in [0.25, 0.3) is 0 Å². The lowest BCUT2D eigenvalue weighted by atomic mass is 10.0. The largest absolute Gasteiger partial charge is 0.378 e. The predicted molar refractivity (Wildman–Crippen MR) is 82.0 cm³/mol. The summed E-state index contributed by atoms with van der Waals surface area (Å²) in [4.78, 5) is 30.0. The number of ether oxygens (including phenoxy) is 1. The highest BCUT2D eigenvalue weighted by molar-refractivity contribution is 6.35. The summed E-state index contributed by atoms with van der Waals surface area (Å²) in [5, 5.41) is 2.85. The van der Waals surface area contributed by atoms with Crippen molar-refractivity contribution in [3.63, 3.8) is 0 Å². The van der Waals surface area contributed by atoms with Gasteiger partial charge in [-0.2, -0.15) is 0 Å². The molecule has 1 aliphatic rings. The lowest BCUT2D eigenvalue weighted by molar-refractivity contribution is -0.148. The van der Waals surface area contributed by atoms with Crippen molar-refractivity contribution in [3.05, 3.63) is 30.1 Å². The molecule has 0 aliphatic carbocycles. The maximum atomic E-state index is 12.2. The molecule has 1 aromatic rings. The third kappa shape index (κ3) is 4.53. The number of pyridine rings is 1. The quantitative estimate of drug-likeness (QED) is 0.832. The van der Waals surface area contributed by atoms with Crippen molar-refractivity contribution in [2.24, 2.45) is 0 Å². The molecule has 1 aromatic heterocycles. The maximum Gasteiger partial charge on any atom is 0.312 e. The molecule has 0 unspecified atom stereocenters. The summed E-state index contributed by atoms with van der Waals surface area (Å²) in [6.07, 6.45) is 6.24. The first-order valence-corrected chi connectivity index (χ1v) is 7.79. The molecule has 0 spiro atoms. The summed E-state index contributed by atoms with van der Waals surface area (Å²) in [7, 11) is 0. The molecule has 1 fully saturated rings. The Morgan fingerprint density at radius 3 is 2.82 bits per heavy atom. The average Bonchev–Trinajstić information content (AvgIpc) is 2.59. The van der Waals surface area contributed by atoms with Gasteiger partial charge in [-0.05, 0) is 18.1 Å². The van der Waals surface area contributed by atoms with Crippen molar-refractivity contribution in [3.8, 4) is 0 Å². The van der Waals surface area contributed by atoms with Crippen molar-refractivity contribution in [2.45, 2.75) is 32.2 Å². The monoisotopic (exact) mass is 305 g/mol. The second-order valence-corrected chi connectivity index (χ2v) is 5.36. The molecule has 0 bridgehead atoms. The minimum absolute atomic E-state index is 0.175. The van der Waals surface area contributed by atoms with Crippen LogP contribution in [-0.4, -0.2) is 48.0 Å². The van der Waals surface area contributed by atoms with Crippen LogP contribution in [-0.2, 0) is 14.3 Å². The van der Waals surface area contributed by atoms with Gasteiger partial charge in [-0.15, -0.1) is 0 Å². The van der Waals surface area contributed by atoms with Crippen LogP contribution in [0.5, 0.6) is 0 Å². The molecule has 2 rings (SSSR count). The first-order chi connectivity index (χ1) is 10.7. The third-order valence-corrected chi connectivity index (χ3v) is 3.73. The Morgan fingerprint density at radius 2 is 2.18 bits per heavy atom. The molecule has 1 aliphatic heterocycles. The average molecular weight is 305 g/mol. The van der Waals surface area contributed by atoms with Crippen molar-refractivity contribution in [1.29, 1.82) is 0 Å². The van der Waals surface area contributed by atoms with Crippen LogP contribution in [0.4, 0.5) is 0 Å². The van der Waals surface area contributed by atoms with Crippen LogP contribution in [0.1, 0.15) is 37.8 Å². The van der Waals surface area contributed by atoms with Crippen LogP contribution in [0.15, 0.2) is 24.5 Å². The number of rotatable bonds is 5.